The third-order valence-electron chi connectivity index (χ3n) is 6.02. The van der Waals surface area contributed by atoms with E-state index in [1.54, 1.807) is 0 Å². The van der Waals surface area contributed by atoms with Gasteiger partial charge in [-0.2, -0.15) is 6.07 Å². The molecule has 1 atom stereocenters. The molecular formula is C32H27Cl2PTi-2. The Morgan fingerprint density at radius 1 is 0.639 bits per heavy atom. The van der Waals surface area contributed by atoms with E-state index in [0.717, 1.165) is 8.58 Å². The van der Waals surface area contributed by atoms with Gasteiger partial charge in [0.25, 0.3) is 0 Å². The Balaban J connectivity index is 0.000000153. The predicted molar refractivity (Wildman–Crippen MR) is 160 cm³/mol. The molecule has 6 aromatic rings. The first-order valence-corrected chi connectivity index (χ1v) is 17.0. The first kappa shape index (κ1) is 26.9. The number of rotatable bonds is 3. The number of aryl methyl sites for hydroxylation is 2. The first-order chi connectivity index (χ1) is 17.6. The fourth-order valence-corrected chi connectivity index (χ4v) is 5.73. The van der Waals surface area contributed by atoms with Crippen LogP contribution in [0.2, 0.25) is 0 Å². The Morgan fingerprint density at radius 3 is 1.94 bits per heavy atom. The van der Waals surface area contributed by atoms with Gasteiger partial charge in [0.1, 0.15) is 0 Å². The van der Waals surface area contributed by atoms with Gasteiger partial charge in [-0.05, 0) is 10.9 Å². The molecule has 1 unspecified atom stereocenters. The topological polar surface area (TPSA) is 0 Å². The number of hydrogen-bond acceptors (Lipinski definition) is 0. The maximum absolute atomic E-state index is 4.89. The maximum atomic E-state index is 4.89. The summed E-state index contributed by atoms with van der Waals surface area (Å²) in [5.74, 6) is 0. The van der Waals surface area contributed by atoms with Gasteiger partial charge in [0.15, 0.2) is 0 Å². The molecule has 0 aliphatic heterocycles. The molecule has 6 rings (SSSR count). The molecule has 6 aromatic carbocycles. The van der Waals surface area contributed by atoms with Crippen molar-refractivity contribution >= 4 is 59.3 Å². The number of benzene rings is 4. The molecule has 0 nitrogen and oxygen atoms in total. The van der Waals surface area contributed by atoms with Crippen molar-refractivity contribution in [2.24, 2.45) is 0 Å². The normalized spacial score (nSPS) is 10.7. The van der Waals surface area contributed by atoms with E-state index >= 15 is 0 Å². The van der Waals surface area contributed by atoms with Gasteiger partial charge in [0.05, 0.1) is 0 Å². The predicted octanol–water partition coefficient (Wildman–Crippen LogP) is 9.41. The minimum absolute atomic E-state index is 0.556. The molecule has 0 radical (unpaired) electrons. The summed E-state index contributed by atoms with van der Waals surface area (Å²) in [6.45, 7) is 4.36. The van der Waals surface area contributed by atoms with Crippen molar-refractivity contribution in [3.05, 3.63) is 132 Å². The Labute approximate surface area is 232 Å². The van der Waals surface area contributed by atoms with E-state index in [1.807, 2.05) is 0 Å². The molecule has 0 saturated heterocycles. The molecule has 0 aromatic heterocycles. The Kier molecular flexibility index (Phi) is 10.00. The molecule has 180 valence electrons. The van der Waals surface area contributed by atoms with Gasteiger partial charge in [0.2, 0.25) is 0 Å². The second-order valence-corrected chi connectivity index (χ2v) is 12.5. The van der Waals surface area contributed by atoms with Gasteiger partial charge in [-0.15, -0.1) is 89.0 Å². The van der Waals surface area contributed by atoms with Gasteiger partial charge in [-0.3, -0.25) is 0 Å². The van der Waals surface area contributed by atoms with Crippen molar-refractivity contribution in [3.8, 4) is 11.1 Å². The van der Waals surface area contributed by atoms with E-state index in [1.165, 1.54) is 54.4 Å². The summed E-state index contributed by atoms with van der Waals surface area (Å²) in [7, 11) is 10.5. The molecule has 0 aliphatic rings. The fourth-order valence-electron chi connectivity index (χ4n) is 4.45. The molecule has 0 amide bonds. The van der Waals surface area contributed by atoms with Crippen LogP contribution < -0.4 is 10.6 Å². The summed E-state index contributed by atoms with van der Waals surface area (Å²) >= 11 is -0.556. The van der Waals surface area contributed by atoms with Crippen LogP contribution in [0.3, 0.4) is 0 Å². The van der Waals surface area contributed by atoms with Crippen molar-refractivity contribution in [1.82, 2.24) is 0 Å². The van der Waals surface area contributed by atoms with E-state index in [9.17, 15) is 0 Å². The van der Waals surface area contributed by atoms with Crippen molar-refractivity contribution in [3.63, 3.8) is 0 Å². The molecule has 0 heterocycles. The Bertz CT molecular complexity index is 1520. The SMILES string of the molecule is Cc1[cH-]c2ccccc2c1Pc1ccccc1.Cc1cc2c(-c3ccccc3)cccc2[cH-]1.[Cl][Ti][Cl]. The Hall–Kier alpha value is -2.18. The summed E-state index contributed by atoms with van der Waals surface area (Å²) < 4.78 is 0. The quantitative estimate of drug-likeness (QED) is 0.115. The average molecular weight is 561 g/mol. The van der Waals surface area contributed by atoms with E-state index in [2.05, 4.69) is 135 Å². The van der Waals surface area contributed by atoms with Gasteiger partial charge in [0, 0.05) is 0 Å². The summed E-state index contributed by atoms with van der Waals surface area (Å²) in [6.07, 6.45) is 0. The van der Waals surface area contributed by atoms with Crippen molar-refractivity contribution < 1.29 is 17.0 Å². The van der Waals surface area contributed by atoms with Gasteiger partial charge >= 0.3 is 35.6 Å². The van der Waals surface area contributed by atoms with Gasteiger partial charge < -0.3 is 0 Å². The third-order valence-corrected chi connectivity index (χ3v) is 7.56. The van der Waals surface area contributed by atoms with E-state index in [0.29, 0.717) is 0 Å². The number of fused-ring (bicyclic) bond motifs is 2. The van der Waals surface area contributed by atoms with Crippen LogP contribution in [0.15, 0.2) is 121 Å². The van der Waals surface area contributed by atoms with E-state index in [-0.39, 0.29) is 0 Å². The second-order valence-electron chi connectivity index (χ2n) is 8.56. The van der Waals surface area contributed by atoms with Gasteiger partial charge in [-0.1, -0.05) is 92.2 Å². The zero-order chi connectivity index (χ0) is 25.3. The van der Waals surface area contributed by atoms with E-state index < -0.39 is 17.0 Å². The average Bonchev–Trinajstić information content (AvgIpc) is 3.44. The van der Waals surface area contributed by atoms with Crippen LogP contribution >= 0.6 is 27.2 Å². The van der Waals surface area contributed by atoms with Gasteiger partial charge in [-0.25, -0.2) is 0 Å². The van der Waals surface area contributed by atoms with Crippen LogP contribution in [0.1, 0.15) is 11.1 Å². The van der Waals surface area contributed by atoms with Crippen LogP contribution in [0.5, 0.6) is 0 Å². The summed E-state index contributed by atoms with van der Waals surface area (Å²) in [5.41, 5.74) is 5.36. The molecule has 0 bridgehead atoms. The second kappa shape index (κ2) is 13.4. The fraction of sp³-hybridized carbons (Fsp3) is 0.0625. The monoisotopic (exact) mass is 560 g/mol. The molecule has 0 N–H and O–H groups in total. The summed E-state index contributed by atoms with van der Waals surface area (Å²) in [5, 5.41) is 8.36. The van der Waals surface area contributed by atoms with Crippen molar-refractivity contribution in [1.29, 1.82) is 0 Å². The zero-order valence-corrected chi connectivity index (χ0v) is 24.4. The summed E-state index contributed by atoms with van der Waals surface area (Å²) in [6, 6.07) is 43.2. The first-order valence-electron chi connectivity index (χ1n) is 11.8. The molecule has 0 spiro atoms. The molecule has 0 aliphatic carbocycles. The van der Waals surface area contributed by atoms with Crippen LogP contribution in [-0.4, -0.2) is 0 Å². The number of hydrogen-bond donors (Lipinski definition) is 0. The standard InChI is InChI=1S/C16H14P.C16H13.2ClH.Ti/c1-12-11-13-7-5-6-10-15(13)16(12)17-14-8-3-2-4-9-14;1-12-10-14-8-5-9-15(16(14)11-12)13-6-3-2-4-7-13;;;/h2-11,17H,1H3;2-11H,1H3;2*1H;/q2*-1;;;+2/p-2. The molecule has 0 fully saturated rings. The van der Waals surface area contributed by atoms with Crippen LogP contribution in [0.25, 0.3) is 32.7 Å². The number of halogens is 2. The minimum atomic E-state index is -0.556. The van der Waals surface area contributed by atoms with Crippen molar-refractivity contribution in [2.75, 3.05) is 0 Å². The van der Waals surface area contributed by atoms with Crippen LogP contribution in [-0.2, 0) is 17.0 Å². The summed E-state index contributed by atoms with van der Waals surface area (Å²) in [4.78, 5) is 0. The third kappa shape index (κ3) is 6.77. The molecular weight excluding hydrogens is 534 g/mol. The van der Waals surface area contributed by atoms with Crippen LogP contribution in [0, 0.1) is 13.8 Å². The molecule has 36 heavy (non-hydrogen) atoms. The molecule has 4 heteroatoms. The van der Waals surface area contributed by atoms with E-state index in [4.69, 9.17) is 18.6 Å². The zero-order valence-electron chi connectivity index (χ0n) is 20.3. The van der Waals surface area contributed by atoms with Crippen molar-refractivity contribution in [2.45, 2.75) is 13.8 Å². The van der Waals surface area contributed by atoms with Crippen LogP contribution in [0.4, 0.5) is 0 Å². The Morgan fingerprint density at radius 2 is 1.22 bits per heavy atom. The molecule has 0 saturated carbocycles.